The van der Waals surface area contributed by atoms with Gasteiger partial charge in [0.05, 0.1) is 17.9 Å². The van der Waals surface area contributed by atoms with E-state index in [1.54, 1.807) is 13.0 Å². The first-order chi connectivity index (χ1) is 12.8. The molecule has 0 aliphatic carbocycles. The molecule has 1 fully saturated rings. The summed E-state index contributed by atoms with van der Waals surface area (Å²) in [6, 6.07) is 7.50. The topological polar surface area (TPSA) is 71.1 Å². The lowest BCUT2D eigenvalue weighted by molar-refractivity contribution is -0.128. The third kappa shape index (κ3) is 4.59. The zero-order chi connectivity index (χ0) is 19.6. The number of carbonyl (C=O) groups excluding carboxylic acids is 2. The highest BCUT2D eigenvalue weighted by Gasteiger charge is 2.32. The number of benzene rings is 1. The summed E-state index contributed by atoms with van der Waals surface area (Å²) < 4.78 is 11.4. The minimum atomic E-state index is -0.594. The van der Waals surface area contributed by atoms with E-state index in [2.05, 4.69) is 31.0 Å². The van der Waals surface area contributed by atoms with Gasteiger partial charge >= 0.3 is 0 Å². The van der Waals surface area contributed by atoms with Crippen LogP contribution in [0.5, 0.6) is 5.75 Å². The van der Waals surface area contributed by atoms with Gasteiger partial charge in [-0.05, 0) is 39.8 Å². The highest BCUT2D eigenvalue weighted by atomic mass is 16.5. The number of ether oxygens (including phenoxy) is 2. The van der Waals surface area contributed by atoms with Crippen LogP contribution in [-0.2, 0) is 14.3 Å². The molecule has 2 aliphatic rings. The van der Waals surface area contributed by atoms with Crippen molar-refractivity contribution in [2.45, 2.75) is 52.0 Å². The normalized spacial score (nSPS) is 26.9. The van der Waals surface area contributed by atoms with Gasteiger partial charge in [0.25, 0.3) is 5.91 Å². The van der Waals surface area contributed by atoms with Crippen molar-refractivity contribution in [3.05, 3.63) is 24.3 Å². The molecule has 3 rings (SSSR count). The van der Waals surface area contributed by atoms with Crippen LogP contribution in [0.2, 0.25) is 0 Å². The van der Waals surface area contributed by atoms with E-state index < -0.39 is 6.10 Å². The first kappa shape index (κ1) is 19.6. The summed E-state index contributed by atoms with van der Waals surface area (Å²) in [5, 5.41) is 2.97. The lowest BCUT2D eigenvalue weighted by Gasteiger charge is -2.39. The van der Waals surface area contributed by atoms with E-state index in [1.165, 1.54) is 4.90 Å². The van der Waals surface area contributed by atoms with Crippen LogP contribution in [0.3, 0.4) is 0 Å². The maximum Gasteiger partial charge on any atom is 0.268 e. The molecule has 0 aromatic heterocycles. The Morgan fingerprint density at radius 2 is 1.89 bits per heavy atom. The molecule has 7 nitrogen and oxygen atoms in total. The fraction of sp³-hybridized carbons (Fsp3) is 0.600. The Kier molecular flexibility index (Phi) is 6.01. The molecule has 4 unspecified atom stereocenters. The molecule has 1 saturated heterocycles. The van der Waals surface area contributed by atoms with Crippen LogP contribution >= 0.6 is 0 Å². The molecule has 2 amide bonds. The first-order valence-electron chi connectivity index (χ1n) is 9.58. The van der Waals surface area contributed by atoms with E-state index in [4.69, 9.17) is 9.47 Å². The van der Waals surface area contributed by atoms with E-state index in [9.17, 15) is 9.59 Å². The number of para-hydroxylation sites is 2. The van der Waals surface area contributed by atoms with Crippen molar-refractivity contribution in [1.29, 1.82) is 0 Å². The second kappa shape index (κ2) is 8.27. The molecular formula is C20H29N3O4. The number of nitrogens with zero attached hydrogens (tertiary/aromatic N) is 2. The van der Waals surface area contributed by atoms with Crippen molar-refractivity contribution < 1.29 is 19.1 Å². The molecule has 4 atom stereocenters. The summed E-state index contributed by atoms with van der Waals surface area (Å²) in [5.74, 6) is 0.253. The Bertz CT molecular complexity index is 686. The van der Waals surface area contributed by atoms with Gasteiger partial charge < -0.3 is 14.8 Å². The Balaban J connectivity index is 1.57. The molecule has 1 aromatic carbocycles. The SMILES string of the molecule is CC1CN(C(C)CNC(=O)CN2C(=O)C(C)Oc3ccccc32)CC(C)O1. The van der Waals surface area contributed by atoms with Gasteiger partial charge in [-0.15, -0.1) is 0 Å². The van der Waals surface area contributed by atoms with Gasteiger partial charge in [0.2, 0.25) is 5.91 Å². The number of morpholine rings is 1. The molecule has 27 heavy (non-hydrogen) atoms. The van der Waals surface area contributed by atoms with Crippen LogP contribution in [-0.4, -0.2) is 67.2 Å². The number of hydrogen-bond donors (Lipinski definition) is 1. The second-order valence-electron chi connectivity index (χ2n) is 7.52. The average Bonchev–Trinajstić information content (AvgIpc) is 2.62. The van der Waals surface area contributed by atoms with E-state index in [-0.39, 0.29) is 36.6 Å². The van der Waals surface area contributed by atoms with Gasteiger partial charge in [-0.1, -0.05) is 12.1 Å². The maximum atomic E-state index is 12.5. The molecule has 2 aliphatic heterocycles. The molecule has 1 N–H and O–H groups in total. The predicted octanol–water partition coefficient (Wildman–Crippen LogP) is 1.41. The van der Waals surface area contributed by atoms with Crippen LogP contribution in [0, 0.1) is 0 Å². The zero-order valence-electron chi connectivity index (χ0n) is 16.5. The third-order valence-electron chi connectivity index (χ3n) is 5.04. The Hall–Kier alpha value is -2.12. The molecule has 1 aromatic rings. The number of amides is 2. The minimum Gasteiger partial charge on any atom is -0.479 e. The number of rotatable bonds is 5. The van der Waals surface area contributed by atoms with Gasteiger partial charge in [0.15, 0.2) is 6.10 Å². The van der Waals surface area contributed by atoms with E-state index in [1.807, 2.05) is 18.2 Å². The molecule has 148 valence electrons. The van der Waals surface area contributed by atoms with Crippen LogP contribution in [0.25, 0.3) is 0 Å². The third-order valence-corrected chi connectivity index (χ3v) is 5.04. The number of hydrogen-bond acceptors (Lipinski definition) is 5. The van der Waals surface area contributed by atoms with E-state index in [0.29, 0.717) is 18.0 Å². The van der Waals surface area contributed by atoms with Gasteiger partial charge in [-0.3, -0.25) is 19.4 Å². The molecular weight excluding hydrogens is 346 g/mol. The number of carbonyl (C=O) groups is 2. The largest absolute Gasteiger partial charge is 0.479 e. The first-order valence-corrected chi connectivity index (χ1v) is 9.58. The van der Waals surface area contributed by atoms with Crippen LogP contribution < -0.4 is 15.0 Å². The number of nitrogens with one attached hydrogen (secondary N) is 1. The summed E-state index contributed by atoms with van der Waals surface area (Å²) in [6.45, 7) is 10.2. The van der Waals surface area contributed by atoms with Gasteiger partial charge in [0.1, 0.15) is 12.3 Å². The zero-order valence-corrected chi connectivity index (χ0v) is 16.5. The van der Waals surface area contributed by atoms with Gasteiger partial charge in [-0.25, -0.2) is 0 Å². The van der Waals surface area contributed by atoms with Crippen LogP contribution in [0.1, 0.15) is 27.7 Å². The van der Waals surface area contributed by atoms with Crippen molar-refractivity contribution in [3.8, 4) is 5.75 Å². The summed E-state index contributed by atoms with van der Waals surface area (Å²) in [4.78, 5) is 28.8. The van der Waals surface area contributed by atoms with Gasteiger partial charge in [0, 0.05) is 25.7 Å². The lowest BCUT2D eigenvalue weighted by Crippen LogP contribution is -2.53. The average molecular weight is 375 g/mol. The monoisotopic (exact) mass is 375 g/mol. The van der Waals surface area contributed by atoms with Crippen molar-refractivity contribution in [1.82, 2.24) is 10.2 Å². The highest BCUT2D eigenvalue weighted by molar-refractivity contribution is 6.03. The predicted molar refractivity (Wildman–Crippen MR) is 103 cm³/mol. The summed E-state index contributed by atoms with van der Waals surface area (Å²) >= 11 is 0. The molecule has 0 spiro atoms. The van der Waals surface area contributed by atoms with Crippen molar-refractivity contribution >= 4 is 17.5 Å². The molecule has 0 radical (unpaired) electrons. The molecule has 2 heterocycles. The summed E-state index contributed by atoms with van der Waals surface area (Å²) in [5.41, 5.74) is 0.639. The minimum absolute atomic E-state index is 0.00775. The molecule has 7 heteroatoms. The van der Waals surface area contributed by atoms with Crippen molar-refractivity contribution in [3.63, 3.8) is 0 Å². The summed E-state index contributed by atoms with van der Waals surface area (Å²) in [6.07, 6.45) is -0.213. The smallest absolute Gasteiger partial charge is 0.268 e. The number of anilines is 1. The van der Waals surface area contributed by atoms with Gasteiger partial charge in [-0.2, -0.15) is 0 Å². The Morgan fingerprint density at radius 3 is 2.59 bits per heavy atom. The second-order valence-corrected chi connectivity index (χ2v) is 7.52. The van der Waals surface area contributed by atoms with Crippen LogP contribution in [0.15, 0.2) is 24.3 Å². The molecule has 0 bridgehead atoms. The standard InChI is InChI=1S/C20H29N3O4/c1-13(22-10-14(2)26-15(3)11-22)9-21-19(24)12-23-17-7-5-6-8-18(17)27-16(4)20(23)25/h5-8,13-16H,9-12H2,1-4H3,(H,21,24). The van der Waals surface area contributed by atoms with E-state index in [0.717, 1.165) is 13.1 Å². The van der Waals surface area contributed by atoms with Crippen molar-refractivity contribution in [2.24, 2.45) is 0 Å². The fourth-order valence-corrected chi connectivity index (χ4v) is 3.69. The summed E-state index contributed by atoms with van der Waals surface area (Å²) in [7, 11) is 0. The Labute approximate surface area is 160 Å². The number of fused-ring (bicyclic) bond motifs is 1. The van der Waals surface area contributed by atoms with Crippen molar-refractivity contribution in [2.75, 3.05) is 31.1 Å². The lowest BCUT2D eigenvalue weighted by atomic mass is 10.1. The maximum absolute atomic E-state index is 12.5. The Morgan fingerprint density at radius 1 is 1.22 bits per heavy atom. The quantitative estimate of drug-likeness (QED) is 0.843. The highest BCUT2D eigenvalue weighted by Crippen LogP contribution is 2.33. The van der Waals surface area contributed by atoms with Crippen LogP contribution in [0.4, 0.5) is 5.69 Å². The fourth-order valence-electron chi connectivity index (χ4n) is 3.69. The van der Waals surface area contributed by atoms with E-state index >= 15 is 0 Å². The molecule has 0 saturated carbocycles.